The highest BCUT2D eigenvalue weighted by Crippen LogP contribution is 2.45. The number of hydrogen-bond donors (Lipinski definition) is 0. The van der Waals surface area contributed by atoms with Crippen LogP contribution in [0.1, 0.15) is 17.7 Å². The highest BCUT2D eigenvalue weighted by Gasteiger charge is 2.20. The van der Waals surface area contributed by atoms with E-state index in [2.05, 4.69) is 170 Å². The zero-order chi connectivity index (χ0) is 32.3. The quantitative estimate of drug-likeness (QED) is 0.178. The van der Waals surface area contributed by atoms with Gasteiger partial charge in [0.05, 0.1) is 0 Å². The first kappa shape index (κ1) is 27.9. The summed E-state index contributed by atoms with van der Waals surface area (Å²) in [5.74, 6) is 1.10. The molecule has 0 saturated heterocycles. The molecule has 0 N–H and O–H groups in total. The molecule has 8 aromatic carbocycles. The summed E-state index contributed by atoms with van der Waals surface area (Å²) in [5.41, 5.74) is 12.1. The van der Waals surface area contributed by atoms with Crippen molar-refractivity contribution in [2.24, 2.45) is 0 Å². The lowest BCUT2D eigenvalue weighted by Gasteiger charge is -2.18. The van der Waals surface area contributed by atoms with Crippen LogP contribution in [-0.2, 0) is 6.42 Å². The standard InChI is InChI=1S/C48H32O/c1-2-12-31(13-3-1)32-22-26-34(27-23-32)46-38-16-5-7-18-40(38)47(41-19-8-6-17-39(41)46)35-28-24-33(25-29-35)43-30-44-37-15-10-11-21-45(37)49-48(44)42-20-9-4-14-36(42)43/h1-10,12-20,22-30H,11,21H2. The van der Waals surface area contributed by atoms with Gasteiger partial charge in [-0.15, -0.1) is 0 Å². The van der Waals surface area contributed by atoms with E-state index in [0.29, 0.717) is 0 Å². The lowest BCUT2D eigenvalue weighted by Crippen LogP contribution is -1.91. The molecule has 1 aliphatic rings. The number of aryl methyl sites for hydroxylation is 1. The van der Waals surface area contributed by atoms with Gasteiger partial charge in [-0.2, -0.15) is 0 Å². The average Bonchev–Trinajstić information content (AvgIpc) is 3.56. The molecule has 1 aliphatic carbocycles. The molecule has 0 unspecified atom stereocenters. The van der Waals surface area contributed by atoms with Crippen LogP contribution in [0.2, 0.25) is 0 Å². The molecule has 0 fully saturated rings. The minimum absolute atomic E-state index is 0.957. The summed E-state index contributed by atoms with van der Waals surface area (Å²) < 4.78 is 6.47. The Hall–Kier alpha value is -6.18. The molecular weight excluding hydrogens is 593 g/mol. The highest BCUT2D eigenvalue weighted by atomic mass is 16.3. The lowest BCUT2D eigenvalue weighted by molar-refractivity contribution is 0.549. The fourth-order valence-corrected chi connectivity index (χ4v) is 8.04. The third kappa shape index (κ3) is 4.47. The van der Waals surface area contributed by atoms with Crippen molar-refractivity contribution in [2.75, 3.05) is 0 Å². The predicted molar refractivity (Wildman–Crippen MR) is 208 cm³/mol. The SMILES string of the molecule is C1=Cc2c(oc3c2cc(-c2ccc(-c4c5ccccc5c(-c5ccc(-c6ccccc6)cc5)c5ccccc45)cc2)c2ccccc23)CC1. The first-order valence-electron chi connectivity index (χ1n) is 17.2. The van der Waals surface area contributed by atoms with Crippen molar-refractivity contribution in [3.8, 4) is 44.5 Å². The van der Waals surface area contributed by atoms with Gasteiger partial charge in [-0.3, -0.25) is 0 Å². The van der Waals surface area contributed by atoms with E-state index in [1.807, 2.05) is 0 Å². The van der Waals surface area contributed by atoms with Crippen molar-refractivity contribution in [3.05, 3.63) is 175 Å². The second-order valence-electron chi connectivity index (χ2n) is 13.1. The second-order valence-corrected chi connectivity index (χ2v) is 13.1. The van der Waals surface area contributed by atoms with Crippen LogP contribution in [0.4, 0.5) is 0 Å². The Morgan fingerprint density at radius 1 is 0.388 bits per heavy atom. The molecule has 0 spiro atoms. The molecule has 0 aliphatic heterocycles. The van der Waals surface area contributed by atoms with E-state index in [0.717, 1.165) is 24.2 Å². The molecule has 1 nitrogen and oxygen atoms in total. The molecular formula is C48H32O. The number of furan rings is 1. The van der Waals surface area contributed by atoms with Crippen molar-refractivity contribution in [2.45, 2.75) is 12.8 Å². The molecule has 49 heavy (non-hydrogen) atoms. The van der Waals surface area contributed by atoms with Crippen LogP contribution in [0.25, 0.3) is 93.9 Å². The van der Waals surface area contributed by atoms with Gasteiger partial charge in [-0.25, -0.2) is 0 Å². The van der Waals surface area contributed by atoms with Crippen molar-refractivity contribution in [3.63, 3.8) is 0 Å². The predicted octanol–water partition coefficient (Wildman–Crippen LogP) is 13.5. The second kappa shape index (κ2) is 11.2. The van der Waals surface area contributed by atoms with E-state index in [1.165, 1.54) is 87.8 Å². The zero-order valence-corrected chi connectivity index (χ0v) is 27.0. The Bertz CT molecular complexity index is 2670. The van der Waals surface area contributed by atoms with Gasteiger partial charge < -0.3 is 4.42 Å². The normalized spacial score (nSPS) is 12.7. The molecule has 1 aromatic heterocycles. The first-order chi connectivity index (χ1) is 24.3. The molecule has 1 heterocycles. The Kier molecular flexibility index (Phi) is 6.38. The smallest absolute Gasteiger partial charge is 0.142 e. The number of hydrogen-bond acceptors (Lipinski definition) is 1. The summed E-state index contributed by atoms with van der Waals surface area (Å²) in [4.78, 5) is 0. The van der Waals surface area contributed by atoms with E-state index in [-0.39, 0.29) is 0 Å². The number of rotatable bonds is 4. The maximum Gasteiger partial charge on any atom is 0.142 e. The van der Waals surface area contributed by atoms with Crippen molar-refractivity contribution < 1.29 is 4.42 Å². The Labute approximate surface area is 285 Å². The molecule has 0 atom stereocenters. The fraction of sp³-hybridized carbons (Fsp3) is 0.0417. The van der Waals surface area contributed by atoms with Crippen molar-refractivity contribution >= 4 is 49.4 Å². The van der Waals surface area contributed by atoms with Crippen LogP contribution >= 0.6 is 0 Å². The molecule has 0 amide bonds. The van der Waals surface area contributed by atoms with Gasteiger partial charge in [0.25, 0.3) is 0 Å². The van der Waals surface area contributed by atoms with E-state index in [4.69, 9.17) is 4.42 Å². The third-order valence-corrected chi connectivity index (χ3v) is 10.3. The van der Waals surface area contributed by atoms with E-state index in [9.17, 15) is 0 Å². The van der Waals surface area contributed by atoms with Crippen LogP contribution in [0.5, 0.6) is 0 Å². The Morgan fingerprint density at radius 3 is 1.45 bits per heavy atom. The summed E-state index contributed by atoms with van der Waals surface area (Å²) in [7, 11) is 0. The van der Waals surface area contributed by atoms with Gasteiger partial charge in [0.2, 0.25) is 0 Å². The summed E-state index contributed by atoms with van der Waals surface area (Å²) in [6.45, 7) is 0. The molecule has 9 aromatic rings. The molecule has 10 rings (SSSR count). The van der Waals surface area contributed by atoms with E-state index in [1.54, 1.807) is 0 Å². The topological polar surface area (TPSA) is 13.1 Å². The van der Waals surface area contributed by atoms with Crippen LogP contribution in [0.15, 0.2) is 168 Å². The summed E-state index contributed by atoms with van der Waals surface area (Å²) in [5, 5.41) is 8.65. The number of allylic oxidation sites excluding steroid dienone is 1. The van der Waals surface area contributed by atoms with E-state index >= 15 is 0 Å². The zero-order valence-electron chi connectivity index (χ0n) is 27.0. The molecule has 0 radical (unpaired) electrons. The van der Waals surface area contributed by atoms with Gasteiger partial charge in [0.1, 0.15) is 11.3 Å². The summed E-state index contributed by atoms with van der Waals surface area (Å²) in [6, 6.07) is 57.6. The van der Waals surface area contributed by atoms with Gasteiger partial charge in [-0.1, -0.05) is 164 Å². The number of fused-ring (bicyclic) bond motifs is 7. The average molecular weight is 625 g/mol. The minimum Gasteiger partial charge on any atom is -0.460 e. The van der Waals surface area contributed by atoms with Gasteiger partial charge in [0, 0.05) is 22.8 Å². The van der Waals surface area contributed by atoms with Gasteiger partial charge >= 0.3 is 0 Å². The minimum atomic E-state index is 0.957. The summed E-state index contributed by atoms with van der Waals surface area (Å²) in [6.07, 6.45) is 6.49. The first-order valence-corrected chi connectivity index (χ1v) is 17.2. The van der Waals surface area contributed by atoms with Crippen LogP contribution in [0.3, 0.4) is 0 Å². The van der Waals surface area contributed by atoms with Crippen LogP contribution in [-0.4, -0.2) is 0 Å². The molecule has 1 heteroatoms. The lowest BCUT2D eigenvalue weighted by atomic mass is 9.85. The van der Waals surface area contributed by atoms with Crippen LogP contribution in [0, 0.1) is 0 Å². The van der Waals surface area contributed by atoms with Crippen molar-refractivity contribution in [1.82, 2.24) is 0 Å². The highest BCUT2D eigenvalue weighted by molar-refractivity contribution is 6.21. The molecule has 0 saturated carbocycles. The van der Waals surface area contributed by atoms with E-state index < -0.39 is 0 Å². The summed E-state index contributed by atoms with van der Waals surface area (Å²) >= 11 is 0. The molecule has 0 bridgehead atoms. The Morgan fingerprint density at radius 2 is 0.857 bits per heavy atom. The van der Waals surface area contributed by atoms with Crippen molar-refractivity contribution in [1.29, 1.82) is 0 Å². The van der Waals surface area contributed by atoms with Gasteiger partial charge in [-0.05, 0) is 83.9 Å². The Balaban J connectivity index is 1.14. The number of benzene rings is 8. The largest absolute Gasteiger partial charge is 0.460 e. The molecule has 230 valence electrons. The maximum atomic E-state index is 6.47. The maximum absolute atomic E-state index is 6.47. The van der Waals surface area contributed by atoms with Gasteiger partial charge in [0.15, 0.2) is 0 Å². The van der Waals surface area contributed by atoms with Crippen LogP contribution < -0.4 is 0 Å². The third-order valence-electron chi connectivity index (χ3n) is 10.3. The monoisotopic (exact) mass is 624 g/mol. The fourth-order valence-electron chi connectivity index (χ4n) is 8.04.